The van der Waals surface area contributed by atoms with E-state index in [1.165, 1.54) is 11.8 Å². The Labute approximate surface area is 156 Å². The van der Waals surface area contributed by atoms with Crippen LogP contribution in [0.3, 0.4) is 0 Å². The Morgan fingerprint density at radius 1 is 1.31 bits per heavy atom. The molecule has 0 spiro atoms. The first-order chi connectivity index (χ1) is 12.5. The summed E-state index contributed by atoms with van der Waals surface area (Å²) in [6.07, 6.45) is 2.13. The van der Waals surface area contributed by atoms with E-state index in [-0.39, 0.29) is 35.5 Å². The summed E-state index contributed by atoms with van der Waals surface area (Å²) < 4.78 is 35.0. The third-order valence-corrected chi connectivity index (χ3v) is 7.88. The summed E-state index contributed by atoms with van der Waals surface area (Å²) in [6.45, 7) is 2.20. The van der Waals surface area contributed by atoms with Crippen LogP contribution in [0.25, 0.3) is 0 Å². The van der Waals surface area contributed by atoms with E-state index in [0.29, 0.717) is 23.1 Å². The minimum atomic E-state index is -3.08. The number of ether oxygens (including phenoxy) is 2. The SMILES string of the molecule is CCCCC(=O)N=C1S[C@H]2CS(=O)(=O)C[C@@H]2N1c1ccc2c(c1)OCO2. The molecule has 26 heavy (non-hydrogen) atoms. The number of aliphatic imine (C=N–C) groups is 1. The van der Waals surface area contributed by atoms with Crippen molar-refractivity contribution in [2.24, 2.45) is 4.99 Å². The molecule has 0 radical (unpaired) electrons. The topological polar surface area (TPSA) is 85.3 Å². The number of amidine groups is 1. The molecule has 0 aliphatic carbocycles. The van der Waals surface area contributed by atoms with Gasteiger partial charge in [-0.1, -0.05) is 25.1 Å². The second-order valence-corrected chi connectivity index (χ2v) is 9.96. The first-order valence-electron chi connectivity index (χ1n) is 8.64. The molecular weight excluding hydrogens is 376 g/mol. The average Bonchev–Trinajstić information content (AvgIpc) is 3.24. The number of hydrogen-bond donors (Lipinski definition) is 0. The highest BCUT2D eigenvalue weighted by Crippen LogP contribution is 2.43. The van der Waals surface area contributed by atoms with Crippen LogP contribution in [-0.2, 0) is 14.6 Å². The van der Waals surface area contributed by atoms with E-state index in [1.807, 2.05) is 24.0 Å². The van der Waals surface area contributed by atoms with Crippen LogP contribution in [0, 0.1) is 0 Å². The molecule has 1 amide bonds. The number of carbonyl (C=O) groups is 1. The highest BCUT2D eigenvalue weighted by molar-refractivity contribution is 8.16. The third kappa shape index (κ3) is 3.29. The minimum Gasteiger partial charge on any atom is -0.454 e. The number of anilines is 1. The lowest BCUT2D eigenvalue weighted by atomic mass is 10.2. The van der Waals surface area contributed by atoms with Crippen molar-refractivity contribution in [1.29, 1.82) is 0 Å². The molecule has 2 fully saturated rings. The number of unbranched alkanes of at least 4 members (excludes halogenated alkanes) is 1. The Hall–Kier alpha value is -1.74. The fourth-order valence-corrected chi connectivity index (χ4v) is 7.32. The molecule has 1 aromatic rings. The first-order valence-corrected chi connectivity index (χ1v) is 11.3. The Balaban J connectivity index is 1.68. The molecule has 4 rings (SSSR count). The van der Waals surface area contributed by atoms with Gasteiger partial charge in [0.05, 0.1) is 17.5 Å². The van der Waals surface area contributed by atoms with Gasteiger partial charge in [0.1, 0.15) is 0 Å². The van der Waals surface area contributed by atoms with Gasteiger partial charge in [0.2, 0.25) is 12.7 Å². The van der Waals surface area contributed by atoms with Gasteiger partial charge in [-0.15, -0.1) is 0 Å². The van der Waals surface area contributed by atoms with Gasteiger partial charge in [-0.2, -0.15) is 4.99 Å². The van der Waals surface area contributed by atoms with E-state index in [9.17, 15) is 13.2 Å². The van der Waals surface area contributed by atoms with Crippen LogP contribution < -0.4 is 14.4 Å². The quantitative estimate of drug-likeness (QED) is 0.771. The number of thioether (sulfide) groups is 1. The van der Waals surface area contributed by atoms with Crippen molar-refractivity contribution in [3.8, 4) is 11.5 Å². The number of sulfone groups is 1. The fourth-order valence-electron chi connectivity index (χ4n) is 3.39. The standard InChI is InChI=1S/C17H20N2O5S2/c1-2-3-4-16(20)18-17-19(12-8-26(21,22)9-15(12)25-17)11-5-6-13-14(7-11)24-10-23-13/h5-7,12,15H,2-4,8-10H2,1H3/t12-,15-/m0/s1. The second kappa shape index (κ2) is 6.77. The van der Waals surface area contributed by atoms with E-state index < -0.39 is 9.84 Å². The molecule has 2 saturated heterocycles. The van der Waals surface area contributed by atoms with Gasteiger partial charge in [0, 0.05) is 23.4 Å². The van der Waals surface area contributed by atoms with E-state index in [1.54, 1.807) is 6.07 Å². The van der Waals surface area contributed by atoms with E-state index in [2.05, 4.69) is 4.99 Å². The normalized spacial score (nSPS) is 27.1. The molecule has 0 unspecified atom stereocenters. The molecular formula is C17H20N2O5S2. The Morgan fingerprint density at radius 3 is 2.92 bits per heavy atom. The molecule has 9 heteroatoms. The number of rotatable bonds is 4. The maximum Gasteiger partial charge on any atom is 0.248 e. The molecule has 1 aromatic carbocycles. The predicted molar refractivity (Wildman–Crippen MR) is 101 cm³/mol. The average molecular weight is 396 g/mol. The summed E-state index contributed by atoms with van der Waals surface area (Å²) in [5.74, 6) is 1.30. The van der Waals surface area contributed by atoms with Crippen LogP contribution >= 0.6 is 11.8 Å². The van der Waals surface area contributed by atoms with E-state index in [0.717, 1.165) is 18.5 Å². The van der Waals surface area contributed by atoms with Crippen molar-refractivity contribution in [2.45, 2.75) is 37.5 Å². The van der Waals surface area contributed by atoms with Crippen molar-refractivity contribution in [2.75, 3.05) is 23.2 Å². The monoisotopic (exact) mass is 396 g/mol. The predicted octanol–water partition coefficient (Wildman–Crippen LogP) is 2.21. The van der Waals surface area contributed by atoms with Crippen molar-refractivity contribution in [3.63, 3.8) is 0 Å². The van der Waals surface area contributed by atoms with Gasteiger partial charge in [-0.25, -0.2) is 8.42 Å². The minimum absolute atomic E-state index is 0.0707. The van der Waals surface area contributed by atoms with Crippen LogP contribution in [0.4, 0.5) is 5.69 Å². The van der Waals surface area contributed by atoms with Gasteiger partial charge in [0.25, 0.3) is 0 Å². The maximum absolute atomic E-state index is 12.2. The van der Waals surface area contributed by atoms with Crippen molar-refractivity contribution < 1.29 is 22.7 Å². The highest BCUT2D eigenvalue weighted by atomic mass is 32.2. The van der Waals surface area contributed by atoms with Crippen LogP contribution in [0.5, 0.6) is 11.5 Å². The van der Waals surface area contributed by atoms with E-state index in [4.69, 9.17) is 9.47 Å². The van der Waals surface area contributed by atoms with Gasteiger partial charge < -0.3 is 14.4 Å². The summed E-state index contributed by atoms with van der Waals surface area (Å²) in [6, 6.07) is 5.26. The first kappa shape index (κ1) is 17.7. The number of amides is 1. The molecule has 2 atom stereocenters. The third-order valence-electron chi connectivity index (χ3n) is 4.67. The van der Waals surface area contributed by atoms with Gasteiger partial charge >= 0.3 is 0 Å². The summed E-state index contributed by atoms with van der Waals surface area (Å²) in [5.41, 5.74) is 0.772. The Kier molecular flexibility index (Phi) is 4.60. The molecule has 3 aliphatic heterocycles. The Bertz CT molecular complexity index is 868. The molecule has 140 valence electrons. The number of benzene rings is 1. The van der Waals surface area contributed by atoms with Crippen molar-refractivity contribution >= 4 is 38.4 Å². The summed E-state index contributed by atoms with van der Waals surface area (Å²) in [4.78, 5) is 18.4. The maximum atomic E-state index is 12.2. The van der Waals surface area contributed by atoms with Crippen molar-refractivity contribution in [1.82, 2.24) is 0 Å². The number of hydrogen-bond acceptors (Lipinski definition) is 6. The largest absolute Gasteiger partial charge is 0.454 e. The van der Waals surface area contributed by atoms with Crippen LogP contribution in [-0.4, -0.2) is 49.1 Å². The molecule has 7 nitrogen and oxygen atoms in total. The number of nitrogens with zero attached hydrogens (tertiary/aromatic N) is 2. The van der Waals surface area contributed by atoms with Crippen LogP contribution in [0.15, 0.2) is 23.2 Å². The summed E-state index contributed by atoms with van der Waals surface area (Å²) in [7, 11) is -3.08. The zero-order valence-corrected chi connectivity index (χ0v) is 16.0. The lowest BCUT2D eigenvalue weighted by Gasteiger charge is -2.24. The lowest BCUT2D eigenvalue weighted by Crippen LogP contribution is -2.37. The zero-order valence-electron chi connectivity index (χ0n) is 14.4. The van der Waals surface area contributed by atoms with Gasteiger partial charge in [0.15, 0.2) is 26.5 Å². The van der Waals surface area contributed by atoms with Gasteiger partial charge in [-0.3, -0.25) is 4.79 Å². The lowest BCUT2D eigenvalue weighted by molar-refractivity contribution is -0.117. The second-order valence-electron chi connectivity index (χ2n) is 6.60. The van der Waals surface area contributed by atoms with Crippen LogP contribution in [0.1, 0.15) is 26.2 Å². The molecule has 3 heterocycles. The molecule has 3 aliphatic rings. The summed E-state index contributed by atoms with van der Waals surface area (Å²) >= 11 is 1.39. The fraction of sp³-hybridized carbons (Fsp3) is 0.529. The van der Waals surface area contributed by atoms with Crippen LogP contribution in [0.2, 0.25) is 0 Å². The molecule has 0 saturated carbocycles. The van der Waals surface area contributed by atoms with Crippen molar-refractivity contribution in [3.05, 3.63) is 18.2 Å². The molecule has 0 N–H and O–H groups in total. The number of carbonyl (C=O) groups excluding carboxylic acids is 1. The summed E-state index contributed by atoms with van der Waals surface area (Å²) in [5, 5.41) is 0.470. The zero-order chi connectivity index (χ0) is 18.3. The van der Waals surface area contributed by atoms with Gasteiger partial charge in [-0.05, 0) is 18.6 Å². The van der Waals surface area contributed by atoms with E-state index >= 15 is 0 Å². The Morgan fingerprint density at radius 2 is 2.12 bits per heavy atom. The molecule has 0 bridgehead atoms. The highest BCUT2D eigenvalue weighted by Gasteiger charge is 2.49. The molecule has 0 aromatic heterocycles. The number of fused-ring (bicyclic) bond motifs is 2. The smallest absolute Gasteiger partial charge is 0.248 e.